The van der Waals surface area contributed by atoms with Crippen molar-refractivity contribution in [3.63, 3.8) is 0 Å². The van der Waals surface area contributed by atoms with Crippen molar-refractivity contribution in [3.05, 3.63) is 28.7 Å². The number of anilines is 1. The Morgan fingerprint density at radius 1 is 1.60 bits per heavy atom. The van der Waals surface area contributed by atoms with Crippen molar-refractivity contribution in [3.8, 4) is 0 Å². The minimum atomic E-state index is -0.371. The van der Waals surface area contributed by atoms with Crippen molar-refractivity contribution >= 4 is 39.1 Å². The first kappa shape index (κ1) is 11.0. The van der Waals surface area contributed by atoms with Gasteiger partial charge >= 0.3 is 0 Å². The van der Waals surface area contributed by atoms with E-state index in [0.717, 1.165) is 10.2 Å². The average molecular weight is 289 g/mol. The van der Waals surface area contributed by atoms with Crippen LogP contribution in [0.15, 0.2) is 28.7 Å². The van der Waals surface area contributed by atoms with Crippen LogP contribution in [0.4, 0.5) is 5.69 Å². The number of hydrogen-bond acceptors (Lipinski definition) is 1. The predicted octanol–water partition coefficient (Wildman–Crippen LogP) is 3.04. The van der Waals surface area contributed by atoms with Gasteiger partial charge in [0, 0.05) is 22.6 Å². The van der Waals surface area contributed by atoms with Crippen molar-refractivity contribution in [1.29, 1.82) is 0 Å². The maximum absolute atomic E-state index is 11.9. The zero-order valence-corrected chi connectivity index (χ0v) is 10.7. The van der Waals surface area contributed by atoms with Crippen LogP contribution in [0.5, 0.6) is 0 Å². The van der Waals surface area contributed by atoms with Gasteiger partial charge in [-0.1, -0.05) is 22.0 Å². The van der Waals surface area contributed by atoms with Crippen LogP contribution in [0.2, 0.25) is 0 Å². The molecule has 0 bridgehead atoms. The molecule has 0 aromatic heterocycles. The van der Waals surface area contributed by atoms with Crippen LogP contribution >= 0.6 is 27.5 Å². The number of nitrogens with zero attached hydrogens (tertiary/aromatic N) is 1. The van der Waals surface area contributed by atoms with Gasteiger partial charge in [0.15, 0.2) is 0 Å². The second kappa shape index (κ2) is 3.80. The first-order chi connectivity index (χ1) is 7.07. The summed E-state index contributed by atoms with van der Waals surface area (Å²) in [5.74, 6) is 0.492. The first-order valence-electron chi connectivity index (χ1n) is 4.70. The second-order valence-corrected chi connectivity index (χ2v) is 5.25. The molecule has 1 heterocycles. The lowest BCUT2D eigenvalue weighted by atomic mass is 9.82. The summed E-state index contributed by atoms with van der Waals surface area (Å²) in [4.78, 5) is 13.6. The molecule has 1 atom stereocenters. The van der Waals surface area contributed by atoms with Crippen LogP contribution in [0.1, 0.15) is 6.92 Å². The van der Waals surface area contributed by atoms with E-state index >= 15 is 0 Å². The van der Waals surface area contributed by atoms with E-state index in [9.17, 15) is 4.79 Å². The van der Waals surface area contributed by atoms with E-state index in [1.54, 1.807) is 4.90 Å². The van der Waals surface area contributed by atoms with E-state index in [4.69, 9.17) is 11.6 Å². The van der Waals surface area contributed by atoms with Gasteiger partial charge in [-0.15, -0.1) is 11.6 Å². The molecule has 1 amide bonds. The Morgan fingerprint density at radius 2 is 2.33 bits per heavy atom. The van der Waals surface area contributed by atoms with Gasteiger partial charge in [-0.05, 0) is 25.1 Å². The van der Waals surface area contributed by atoms with E-state index in [1.807, 2.05) is 31.2 Å². The van der Waals surface area contributed by atoms with E-state index in [-0.39, 0.29) is 11.3 Å². The lowest BCUT2D eigenvalue weighted by Gasteiger charge is -2.45. The zero-order chi connectivity index (χ0) is 11.1. The third-order valence-electron chi connectivity index (χ3n) is 2.68. The Labute approximate surface area is 102 Å². The van der Waals surface area contributed by atoms with Gasteiger partial charge in [0.1, 0.15) is 0 Å². The number of amides is 1. The summed E-state index contributed by atoms with van der Waals surface area (Å²) in [6, 6.07) is 7.72. The minimum absolute atomic E-state index is 0.107. The highest BCUT2D eigenvalue weighted by Gasteiger charge is 2.48. The number of halogens is 2. The monoisotopic (exact) mass is 287 g/mol. The molecule has 1 aliphatic heterocycles. The predicted molar refractivity (Wildman–Crippen MR) is 65.3 cm³/mol. The number of carbonyl (C=O) groups is 1. The Bertz CT molecular complexity index is 409. The fourth-order valence-corrected chi connectivity index (χ4v) is 2.26. The summed E-state index contributed by atoms with van der Waals surface area (Å²) >= 11 is 9.15. The lowest BCUT2D eigenvalue weighted by Crippen LogP contribution is -2.61. The number of benzene rings is 1. The van der Waals surface area contributed by atoms with Crippen LogP contribution in [-0.4, -0.2) is 18.3 Å². The topological polar surface area (TPSA) is 20.3 Å². The molecule has 0 saturated carbocycles. The van der Waals surface area contributed by atoms with Gasteiger partial charge in [-0.3, -0.25) is 4.79 Å². The summed E-state index contributed by atoms with van der Waals surface area (Å²) in [5, 5.41) is 0. The van der Waals surface area contributed by atoms with Gasteiger partial charge in [0.2, 0.25) is 5.91 Å². The number of β-lactam (4-membered cyclic amide) rings is 1. The largest absolute Gasteiger partial charge is 0.311 e. The van der Waals surface area contributed by atoms with Crippen LogP contribution in [0.25, 0.3) is 0 Å². The molecule has 4 heteroatoms. The van der Waals surface area contributed by atoms with Crippen LogP contribution in [0.3, 0.4) is 0 Å². The van der Waals surface area contributed by atoms with Crippen LogP contribution < -0.4 is 4.90 Å². The first-order valence-corrected chi connectivity index (χ1v) is 6.03. The quantitative estimate of drug-likeness (QED) is 0.605. The summed E-state index contributed by atoms with van der Waals surface area (Å²) in [5.41, 5.74) is 0.557. The molecule has 2 rings (SSSR count). The molecule has 0 spiro atoms. The molecule has 2 nitrogen and oxygen atoms in total. The Balaban J connectivity index is 2.20. The van der Waals surface area contributed by atoms with Gasteiger partial charge < -0.3 is 4.90 Å². The number of alkyl halides is 1. The molecule has 0 radical (unpaired) electrons. The van der Waals surface area contributed by atoms with Crippen molar-refractivity contribution in [2.24, 2.45) is 5.41 Å². The number of carbonyl (C=O) groups excluding carboxylic acids is 1. The number of rotatable bonds is 2. The highest BCUT2D eigenvalue weighted by Crippen LogP contribution is 2.37. The Hall–Kier alpha value is -0.540. The Morgan fingerprint density at radius 3 is 2.87 bits per heavy atom. The molecule has 1 aromatic rings. The number of hydrogen-bond donors (Lipinski definition) is 0. The van der Waals surface area contributed by atoms with Crippen molar-refractivity contribution in [1.82, 2.24) is 0 Å². The van der Waals surface area contributed by atoms with E-state index in [2.05, 4.69) is 15.9 Å². The van der Waals surface area contributed by atoms with Gasteiger partial charge in [-0.25, -0.2) is 0 Å². The zero-order valence-electron chi connectivity index (χ0n) is 8.34. The Kier molecular flexibility index (Phi) is 2.77. The highest BCUT2D eigenvalue weighted by atomic mass is 79.9. The summed E-state index contributed by atoms with van der Waals surface area (Å²) < 4.78 is 0.979. The molecular weight excluding hydrogens is 277 g/mol. The highest BCUT2D eigenvalue weighted by molar-refractivity contribution is 9.10. The molecule has 1 aromatic carbocycles. The van der Waals surface area contributed by atoms with Crippen molar-refractivity contribution in [2.45, 2.75) is 6.92 Å². The molecule has 15 heavy (non-hydrogen) atoms. The molecule has 1 unspecified atom stereocenters. The molecule has 1 saturated heterocycles. The third-order valence-corrected chi connectivity index (χ3v) is 3.77. The smallest absolute Gasteiger partial charge is 0.235 e. The summed E-state index contributed by atoms with van der Waals surface area (Å²) in [6.45, 7) is 2.60. The summed E-state index contributed by atoms with van der Waals surface area (Å²) in [7, 11) is 0. The summed E-state index contributed by atoms with van der Waals surface area (Å²) in [6.07, 6.45) is 0. The third kappa shape index (κ3) is 1.79. The fourth-order valence-electron chi connectivity index (χ4n) is 1.67. The van der Waals surface area contributed by atoms with E-state index < -0.39 is 0 Å². The molecule has 80 valence electrons. The maximum atomic E-state index is 11.9. The minimum Gasteiger partial charge on any atom is -0.311 e. The molecule has 1 aliphatic rings. The van der Waals surface area contributed by atoms with E-state index in [1.165, 1.54) is 0 Å². The van der Waals surface area contributed by atoms with Crippen molar-refractivity contribution in [2.75, 3.05) is 17.3 Å². The molecular formula is C11H11BrClNO. The second-order valence-electron chi connectivity index (χ2n) is 4.07. The van der Waals surface area contributed by atoms with Gasteiger partial charge in [0.25, 0.3) is 0 Å². The molecule has 0 aliphatic carbocycles. The molecule has 0 N–H and O–H groups in total. The van der Waals surface area contributed by atoms with Crippen molar-refractivity contribution < 1.29 is 4.79 Å². The van der Waals surface area contributed by atoms with Crippen LogP contribution in [0, 0.1) is 5.41 Å². The van der Waals surface area contributed by atoms with Gasteiger partial charge in [0.05, 0.1) is 5.41 Å². The average Bonchev–Trinajstić information content (AvgIpc) is 2.24. The SMILES string of the molecule is CC1(CCl)CN(c2cccc(Br)c2)C1=O. The van der Waals surface area contributed by atoms with E-state index in [0.29, 0.717) is 12.4 Å². The lowest BCUT2D eigenvalue weighted by molar-refractivity contribution is -0.132. The molecule has 1 fully saturated rings. The normalized spacial score (nSPS) is 25.3. The fraction of sp³-hybridized carbons (Fsp3) is 0.364. The van der Waals surface area contributed by atoms with Crippen LogP contribution in [-0.2, 0) is 4.79 Å². The van der Waals surface area contributed by atoms with Gasteiger partial charge in [-0.2, -0.15) is 0 Å². The standard InChI is InChI=1S/C11H11BrClNO/c1-11(6-13)7-14(10(11)15)9-4-2-3-8(12)5-9/h2-5H,6-7H2,1H3. The maximum Gasteiger partial charge on any atom is 0.235 e.